The van der Waals surface area contributed by atoms with Crippen molar-refractivity contribution in [3.8, 4) is 0 Å². The van der Waals surface area contributed by atoms with Crippen LogP contribution in [-0.2, 0) is 5.54 Å². The Morgan fingerprint density at radius 3 is 2.74 bits per heavy atom. The molecule has 1 aliphatic carbocycles. The van der Waals surface area contributed by atoms with Crippen LogP contribution >= 0.6 is 11.3 Å². The smallest absolute Gasteiger partial charge is 0.271 e. The Balaban J connectivity index is 1.69. The zero-order chi connectivity index (χ0) is 15.9. The number of thiazole rings is 1. The van der Waals surface area contributed by atoms with Gasteiger partial charge in [0.1, 0.15) is 5.56 Å². The molecule has 4 rings (SSSR count). The first-order chi connectivity index (χ1) is 11.2. The molecule has 0 atom stereocenters. The summed E-state index contributed by atoms with van der Waals surface area (Å²) >= 11 is 1.37. The van der Waals surface area contributed by atoms with Crippen molar-refractivity contribution in [1.82, 2.24) is 14.7 Å². The predicted octanol–water partition coefficient (Wildman–Crippen LogP) is 2.57. The molecule has 0 saturated heterocycles. The summed E-state index contributed by atoms with van der Waals surface area (Å²) in [6.07, 6.45) is 5.86. The molecule has 1 N–H and O–H groups in total. The van der Waals surface area contributed by atoms with Crippen LogP contribution in [0.1, 0.15) is 35.2 Å². The van der Waals surface area contributed by atoms with E-state index in [0.717, 1.165) is 24.8 Å². The zero-order valence-electron chi connectivity index (χ0n) is 12.4. The van der Waals surface area contributed by atoms with Gasteiger partial charge < -0.3 is 5.32 Å². The molecule has 116 valence electrons. The lowest BCUT2D eigenvalue weighted by Crippen LogP contribution is -2.51. The van der Waals surface area contributed by atoms with E-state index in [4.69, 9.17) is 0 Å². The minimum absolute atomic E-state index is 0.0862. The Labute approximate surface area is 136 Å². The van der Waals surface area contributed by atoms with Crippen molar-refractivity contribution in [2.45, 2.75) is 24.8 Å². The van der Waals surface area contributed by atoms with Gasteiger partial charge in [-0.15, -0.1) is 11.3 Å². The molecule has 1 aliphatic rings. The van der Waals surface area contributed by atoms with Crippen molar-refractivity contribution in [3.05, 3.63) is 69.6 Å². The van der Waals surface area contributed by atoms with Crippen molar-refractivity contribution in [2.24, 2.45) is 0 Å². The number of nitrogens with zero attached hydrogens (tertiary/aromatic N) is 2. The maximum atomic E-state index is 12.7. The fourth-order valence-electron chi connectivity index (χ4n) is 3.04. The van der Waals surface area contributed by atoms with Gasteiger partial charge in [0.05, 0.1) is 5.54 Å². The Hall–Kier alpha value is -2.47. The molecule has 0 bridgehead atoms. The molecule has 1 amide bonds. The van der Waals surface area contributed by atoms with Crippen LogP contribution in [0.3, 0.4) is 0 Å². The number of aromatic nitrogens is 2. The van der Waals surface area contributed by atoms with Gasteiger partial charge in [-0.1, -0.05) is 30.3 Å². The van der Waals surface area contributed by atoms with Crippen LogP contribution in [-0.4, -0.2) is 15.3 Å². The molecule has 1 saturated carbocycles. The highest BCUT2D eigenvalue weighted by molar-refractivity contribution is 7.15. The first-order valence-electron chi connectivity index (χ1n) is 7.53. The average molecular weight is 325 g/mol. The van der Waals surface area contributed by atoms with E-state index in [-0.39, 0.29) is 22.6 Å². The van der Waals surface area contributed by atoms with Gasteiger partial charge in [0.15, 0.2) is 4.96 Å². The zero-order valence-corrected chi connectivity index (χ0v) is 13.2. The van der Waals surface area contributed by atoms with Gasteiger partial charge in [0, 0.05) is 17.8 Å². The Bertz CT molecular complexity index is 926. The van der Waals surface area contributed by atoms with Gasteiger partial charge in [-0.05, 0) is 24.8 Å². The lowest BCUT2D eigenvalue weighted by atomic mass is 9.71. The number of carbonyl (C=O) groups is 1. The second kappa shape index (κ2) is 5.31. The molecule has 6 heteroatoms. The number of amides is 1. The fraction of sp³-hybridized carbons (Fsp3) is 0.235. The minimum Gasteiger partial charge on any atom is -0.342 e. The van der Waals surface area contributed by atoms with Crippen molar-refractivity contribution in [3.63, 3.8) is 0 Å². The van der Waals surface area contributed by atoms with Crippen LogP contribution in [0, 0.1) is 0 Å². The second-order valence-corrected chi connectivity index (χ2v) is 6.66. The molecule has 0 aliphatic heterocycles. The number of benzene rings is 1. The summed E-state index contributed by atoms with van der Waals surface area (Å²) in [7, 11) is 0. The molecule has 2 aromatic heterocycles. The third-order valence-electron chi connectivity index (χ3n) is 4.47. The molecule has 1 fully saturated rings. The maximum absolute atomic E-state index is 12.7. The summed E-state index contributed by atoms with van der Waals surface area (Å²) in [5.41, 5.74) is 0.489. The Morgan fingerprint density at radius 2 is 2.04 bits per heavy atom. The number of nitrogens with one attached hydrogen (secondary N) is 1. The summed E-state index contributed by atoms with van der Waals surface area (Å²) in [5.74, 6) is -0.355. The molecule has 2 heterocycles. The molecule has 0 unspecified atom stereocenters. The topological polar surface area (TPSA) is 63.5 Å². The highest BCUT2D eigenvalue weighted by atomic mass is 32.1. The van der Waals surface area contributed by atoms with E-state index >= 15 is 0 Å². The van der Waals surface area contributed by atoms with E-state index in [1.807, 2.05) is 30.3 Å². The largest absolute Gasteiger partial charge is 0.342 e. The normalized spacial score (nSPS) is 16.0. The van der Waals surface area contributed by atoms with E-state index in [0.29, 0.717) is 4.96 Å². The van der Waals surface area contributed by atoms with Crippen molar-refractivity contribution >= 4 is 22.2 Å². The molecular formula is C17H15N3O2S. The predicted molar refractivity (Wildman–Crippen MR) is 88.8 cm³/mol. The SMILES string of the molecule is O=C(NC1(c2ccccc2)CCC1)c1cnc2sccn2c1=O. The lowest BCUT2D eigenvalue weighted by molar-refractivity contribution is 0.0821. The third-order valence-corrected chi connectivity index (χ3v) is 5.24. The summed E-state index contributed by atoms with van der Waals surface area (Å²) in [6, 6.07) is 9.93. The Morgan fingerprint density at radius 1 is 1.26 bits per heavy atom. The van der Waals surface area contributed by atoms with E-state index in [1.54, 1.807) is 11.6 Å². The standard InChI is InChI=1S/C17H15N3O2S/c21-14(13-11-18-16-20(15(13)22)9-10-23-16)19-17(7-4-8-17)12-5-2-1-3-6-12/h1-3,5-6,9-11H,4,7-8H2,(H,19,21). The number of hydrogen-bond acceptors (Lipinski definition) is 4. The maximum Gasteiger partial charge on any atom is 0.271 e. The number of hydrogen-bond donors (Lipinski definition) is 1. The van der Waals surface area contributed by atoms with Gasteiger partial charge in [0.25, 0.3) is 11.5 Å². The highest BCUT2D eigenvalue weighted by Crippen LogP contribution is 2.41. The van der Waals surface area contributed by atoms with Crippen molar-refractivity contribution in [1.29, 1.82) is 0 Å². The molecule has 1 aromatic carbocycles. The minimum atomic E-state index is -0.362. The van der Waals surface area contributed by atoms with E-state index in [1.165, 1.54) is 21.9 Å². The van der Waals surface area contributed by atoms with E-state index < -0.39 is 0 Å². The number of rotatable bonds is 3. The quantitative estimate of drug-likeness (QED) is 0.805. The molecule has 3 aromatic rings. The van der Waals surface area contributed by atoms with Crippen LogP contribution in [0.25, 0.3) is 4.96 Å². The van der Waals surface area contributed by atoms with Gasteiger partial charge in [-0.2, -0.15) is 0 Å². The van der Waals surface area contributed by atoms with Crippen LogP contribution < -0.4 is 10.9 Å². The van der Waals surface area contributed by atoms with Gasteiger partial charge in [0.2, 0.25) is 0 Å². The second-order valence-electron chi connectivity index (χ2n) is 5.79. The molecule has 0 spiro atoms. The monoisotopic (exact) mass is 325 g/mol. The van der Waals surface area contributed by atoms with Crippen molar-refractivity contribution < 1.29 is 4.79 Å². The first-order valence-corrected chi connectivity index (χ1v) is 8.40. The number of fused-ring (bicyclic) bond motifs is 1. The summed E-state index contributed by atoms with van der Waals surface area (Å²) < 4.78 is 1.41. The molecule has 23 heavy (non-hydrogen) atoms. The first kappa shape index (κ1) is 14.1. The van der Waals surface area contributed by atoms with Gasteiger partial charge in [-0.3, -0.25) is 14.0 Å². The fourth-order valence-corrected chi connectivity index (χ4v) is 3.71. The van der Waals surface area contributed by atoms with Crippen molar-refractivity contribution in [2.75, 3.05) is 0 Å². The third kappa shape index (κ3) is 2.26. The van der Waals surface area contributed by atoms with Gasteiger partial charge in [-0.25, -0.2) is 4.98 Å². The molecular weight excluding hydrogens is 310 g/mol. The lowest BCUT2D eigenvalue weighted by Gasteiger charge is -2.43. The van der Waals surface area contributed by atoms with Gasteiger partial charge >= 0.3 is 0 Å². The average Bonchev–Trinajstić information content (AvgIpc) is 3.01. The van der Waals surface area contributed by atoms with Crippen LogP contribution in [0.15, 0.2) is 52.9 Å². The van der Waals surface area contributed by atoms with E-state index in [9.17, 15) is 9.59 Å². The van der Waals surface area contributed by atoms with Crippen LogP contribution in [0.2, 0.25) is 0 Å². The Kier molecular flexibility index (Phi) is 3.27. The summed E-state index contributed by atoms with van der Waals surface area (Å²) in [5, 5.41) is 4.85. The molecule has 0 radical (unpaired) electrons. The molecule has 5 nitrogen and oxygen atoms in total. The van der Waals surface area contributed by atoms with Crippen LogP contribution in [0.4, 0.5) is 0 Å². The van der Waals surface area contributed by atoms with E-state index in [2.05, 4.69) is 10.3 Å². The number of carbonyl (C=O) groups excluding carboxylic acids is 1. The summed E-state index contributed by atoms with van der Waals surface area (Å²) in [4.78, 5) is 29.9. The van der Waals surface area contributed by atoms with Crippen LogP contribution in [0.5, 0.6) is 0 Å². The summed E-state index contributed by atoms with van der Waals surface area (Å²) in [6.45, 7) is 0. The highest BCUT2D eigenvalue weighted by Gasteiger charge is 2.40.